The average Bonchev–Trinajstić information content (AvgIpc) is 2.13. The van der Waals surface area contributed by atoms with E-state index in [1.165, 1.54) is 0 Å². The highest BCUT2D eigenvalue weighted by atomic mass is 35.5. The van der Waals surface area contributed by atoms with Crippen LogP contribution >= 0.6 is 34.5 Å². The topological polar surface area (TPSA) is 0 Å². The molecule has 0 fully saturated rings. The first kappa shape index (κ1) is 8.38. The molecular formula is C7H8Cl2S. The van der Waals surface area contributed by atoms with E-state index in [9.17, 15) is 0 Å². The Morgan fingerprint density at radius 2 is 2.20 bits per heavy atom. The SMILES string of the molecule is Cc1cc(C(C)Cl)sc1Cl. The van der Waals surface area contributed by atoms with Crippen LogP contribution in [0.5, 0.6) is 0 Å². The van der Waals surface area contributed by atoms with Gasteiger partial charge in [-0.25, -0.2) is 0 Å². The number of hydrogen-bond acceptors (Lipinski definition) is 1. The van der Waals surface area contributed by atoms with Crippen LogP contribution in [0.3, 0.4) is 0 Å². The molecule has 1 unspecified atom stereocenters. The molecule has 1 atom stereocenters. The maximum absolute atomic E-state index is 5.84. The summed E-state index contributed by atoms with van der Waals surface area (Å²) in [7, 11) is 0. The van der Waals surface area contributed by atoms with Gasteiger partial charge in [0, 0.05) is 4.88 Å². The molecular weight excluding hydrogens is 187 g/mol. The van der Waals surface area contributed by atoms with Crippen LogP contribution in [0.25, 0.3) is 0 Å². The van der Waals surface area contributed by atoms with Gasteiger partial charge >= 0.3 is 0 Å². The average molecular weight is 195 g/mol. The molecule has 0 N–H and O–H groups in total. The molecule has 0 aliphatic rings. The molecule has 0 aliphatic carbocycles. The van der Waals surface area contributed by atoms with Gasteiger partial charge in [0.25, 0.3) is 0 Å². The van der Waals surface area contributed by atoms with Crippen LogP contribution in [-0.4, -0.2) is 0 Å². The first-order valence-electron chi connectivity index (χ1n) is 3.01. The summed E-state index contributed by atoms with van der Waals surface area (Å²) in [5.41, 5.74) is 1.12. The number of alkyl halides is 1. The van der Waals surface area contributed by atoms with Gasteiger partial charge in [-0.05, 0) is 25.5 Å². The molecule has 3 heteroatoms. The number of thiophene rings is 1. The molecule has 0 saturated carbocycles. The summed E-state index contributed by atoms with van der Waals surface area (Å²) in [5.74, 6) is 0. The van der Waals surface area contributed by atoms with E-state index in [1.54, 1.807) is 11.3 Å². The number of halogens is 2. The maximum atomic E-state index is 5.84. The summed E-state index contributed by atoms with van der Waals surface area (Å²) in [4.78, 5) is 1.14. The molecule has 1 aromatic rings. The maximum Gasteiger partial charge on any atom is 0.0960 e. The summed E-state index contributed by atoms with van der Waals surface area (Å²) in [6.07, 6.45) is 0. The highest BCUT2D eigenvalue weighted by Gasteiger charge is 2.06. The normalized spacial score (nSPS) is 13.6. The lowest BCUT2D eigenvalue weighted by Gasteiger charge is -1.93. The second kappa shape index (κ2) is 3.12. The van der Waals surface area contributed by atoms with Gasteiger partial charge in [-0.2, -0.15) is 0 Å². The van der Waals surface area contributed by atoms with Gasteiger partial charge in [0.05, 0.1) is 9.71 Å². The van der Waals surface area contributed by atoms with E-state index in [4.69, 9.17) is 23.2 Å². The summed E-state index contributed by atoms with van der Waals surface area (Å²) in [6, 6.07) is 2.03. The second-order valence-electron chi connectivity index (χ2n) is 2.22. The third-order valence-electron chi connectivity index (χ3n) is 1.27. The van der Waals surface area contributed by atoms with Crippen LogP contribution in [0.2, 0.25) is 4.34 Å². The van der Waals surface area contributed by atoms with Crippen LogP contribution < -0.4 is 0 Å². The van der Waals surface area contributed by atoms with E-state index in [-0.39, 0.29) is 5.38 Å². The molecule has 0 bridgehead atoms. The van der Waals surface area contributed by atoms with Crippen molar-refractivity contribution in [2.24, 2.45) is 0 Å². The van der Waals surface area contributed by atoms with Crippen molar-refractivity contribution >= 4 is 34.5 Å². The molecule has 10 heavy (non-hydrogen) atoms. The van der Waals surface area contributed by atoms with Crippen LogP contribution in [0.15, 0.2) is 6.07 Å². The van der Waals surface area contributed by atoms with Gasteiger partial charge in [-0.3, -0.25) is 0 Å². The molecule has 1 aromatic heterocycles. The van der Waals surface area contributed by atoms with Gasteiger partial charge in [0.2, 0.25) is 0 Å². The van der Waals surface area contributed by atoms with Crippen molar-refractivity contribution < 1.29 is 0 Å². The van der Waals surface area contributed by atoms with Gasteiger partial charge in [0.15, 0.2) is 0 Å². The molecule has 0 nitrogen and oxygen atoms in total. The lowest BCUT2D eigenvalue weighted by Crippen LogP contribution is -1.73. The molecule has 56 valence electrons. The first-order valence-corrected chi connectivity index (χ1v) is 4.64. The summed E-state index contributed by atoms with van der Waals surface area (Å²) in [6.45, 7) is 3.94. The fraction of sp³-hybridized carbons (Fsp3) is 0.429. The fourth-order valence-electron chi connectivity index (χ4n) is 0.680. The Labute approximate surface area is 74.8 Å². The zero-order valence-electron chi connectivity index (χ0n) is 5.82. The largest absolute Gasteiger partial charge is 0.127 e. The van der Waals surface area contributed by atoms with Gasteiger partial charge in [-0.15, -0.1) is 22.9 Å². The molecule has 0 spiro atoms. The van der Waals surface area contributed by atoms with Crippen molar-refractivity contribution in [1.29, 1.82) is 0 Å². The predicted octanol–water partition coefficient (Wildman–Crippen LogP) is 4.01. The predicted molar refractivity (Wildman–Crippen MR) is 48.3 cm³/mol. The number of rotatable bonds is 1. The minimum absolute atomic E-state index is 0.0798. The van der Waals surface area contributed by atoms with Crippen molar-refractivity contribution in [2.45, 2.75) is 19.2 Å². The second-order valence-corrected chi connectivity index (χ2v) is 4.56. The Hall–Kier alpha value is 0.280. The zero-order valence-corrected chi connectivity index (χ0v) is 8.15. The Morgan fingerprint density at radius 3 is 2.40 bits per heavy atom. The lowest BCUT2D eigenvalue weighted by atomic mass is 10.3. The summed E-state index contributed by atoms with van der Waals surface area (Å²) >= 11 is 13.2. The van der Waals surface area contributed by atoms with Crippen LogP contribution in [0.4, 0.5) is 0 Å². The highest BCUT2D eigenvalue weighted by molar-refractivity contribution is 7.16. The van der Waals surface area contributed by atoms with E-state index in [0.717, 1.165) is 14.8 Å². The minimum Gasteiger partial charge on any atom is -0.127 e. The number of hydrogen-bond donors (Lipinski definition) is 0. The first-order chi connectivity index (χ1) is 4.61. The van der Waals surface area contributed by atoms with E-state index in [0.29, 0.717) is 0 Å². The lowest BCUT2D eigenvalue weighted by molar-refractivity contribution is 1.12. The zero-order chi connectivity index (χ0) is 7.72. The van der Waals surface area contributed by atoms with Crippen LogP contribution in [0, 0.1) is 6.92 Å². The van der Waals surface area contributed by atoms with E-state index < -0.39 is 0 Å². The number of aryl methyl sites for hydroxylation is 1. The Balaban J connectivity index is 2.98. The van der Waals surface area contributed by atoms with Gasteiger partial charge < -0.3 is 0 Å². The van der Waals surface area contributed by atoms with Crippen LogP contribution in [0.1, 0.15) is 22.7 Å². The van der Waals surface area contributed by atoms with Crippen molar-refractivity contribution in [1.82, 2.24) is 0 Å². The third-order valence-corrected chi connectivity index (χ3v) is 3.37. The van der Waals surface area contributed by atoms with Crippen molar-refractivity contribution in [3.05, 3.63) is 20.8 Å². The molecule has 1 rings (SSSR count). The van der Waals surface area contributed by atoms with E-state index >= 15 is 0 Å². The Morgan fingerprint density at radius 1 is 1.60 bits per heavy atom. The molecule has 0 saturated heterocycles. The quantitative estimate of drug-likeness (QED) is 0.594. The van der Waals surface area contributed by atoms with Gasteiger partial charge in [-0.1, -0.05) is 11.6 Å². The van der Waals surface area contributed by atoms with Gasteiger partial charge in [0.1, 0.15) is 0 Å². The monoisotopic (exact) mass is 194 g/mol. The summed E-state index contributed by atoms with van der Waals surface area (Å²) < 4.78 is 0.850. The van der Waals surface area contributed by atoms with E-state index in [1.807, 2.05) is 19.9 Å². The Kier molecular flexibility index (Phi) is 2.61. The molecule has 0 aliphatic heterocycles. The summed E-state index contributed by atoms with van der Waals surface area (Å²) in [5, 5.41) is 0.0798. The van der Waals surface area contributed by atoms with Crippen LogP contribution in [-0.2, 0) is 0 Å². The Bertz CT molecular complexity index is 208. The molecule has 1 heterocycles. The molecule has 0 amide bonds. The minimum atomic E-state index is 0.0798. The standard InChI is InChI=1S/C7H8Cl2S/c1-4-3-6(5(2)8)10-7(4)9/h3,5H,1-2H3. The highest BCUT2D eigenvalue weighted by Crippen LogP contribution is 2.33. The molecule has 0 aromatic carbocycles. The third kappa shape index (κ3) is 1.66. The van der Waals surface area contributed by atoms with Crippen molar-refractivity contribution in [3.63, 3.8) is 0 Å². The molecule has 0 radical (unpaired) electrons. The van der Waals surface area contributed by atoms with E-state index in [2.05, 4.69) is 0 Å². The van der Waals surface area contributed by atoms with Crippen molar-refractivity contribution in [2.75, 3.05) is 0 Å². The smallest absolute Gasteiger partial charge is 0.0960 e. The van der Waals surface area contributed by atoms with Crippen molar-refractivity contribution in [3.8, 4) is 0 Å². The fourth-order valence-corrected chi connectivity index (χ4v) is 2.02.